The number of benzene rings is 2. The number of alkyl halides is 1. The molecule has 1 atom stereocenters. The zero-order valence-corrected chi connectivity index (χ0v) is 15.2. The first kappa shape index (κ1) is 18.1. The molecule has 0 bridgehead atoms. The molecule has 1 unspecified atom stereocenters. The van der Waals surface area contributed by atoms with Crippen molar-refractivity contribution >= 4 is 11.6 Å². The summed E-state index contributed by atoms with van der Waals surface area (Å²) in [7, 11) is 0. The summed E-state index contributed by atoms with van der Waals surface area (Å²) >= 11 is 6.20. The van der Waals surface area contributed by atoms with Gasteiger partial charge in [-0.1, -0.05) is 86.8 Å². The fraction of sp³-hybridized carbons (Fsp3) is 0.455. The van der Waals surface area contributed by atoms with Crippen LogP contribution < -0.4 is 0 Å². The van der Waals surface area contributed by atoms with E-state index in [2.05, 4.69) is 74.5 Å². The number of rotatable bonds is 9. The molecule has 0 spiro atoms. The molecule has 0 aromatic heterocycles. The van der Waals surface area contributed by atoms with Crippen LogP contribution in [-0.4, -0.2) is 5.38 Å². The molecule has 124 valence electrons. The maximum atomic E-state index is 6.20. The van der Waals surface area contributed by atoms with Crippen molar-refractivity contribution in [1.82, 2.24) is 0 Å². The van der Waals surface area contributed by atoms with Gasteiger partial charge in [0.15, 0.2) is 0 Å². The smallest absolute Gasteiger partial charge is 0.0307 e. The van der Waals surface area contributed by atoms with E-state index in [1.54, 1.807) is 0 Å². The van der Waals surface area contributed by atoms with E-state index in [1.165, 1.54) is 30.4 Å². The van der Waals surface area contributed by atoms with Crippen LogP contribution in [-0.2, 0) is 5.41 Å². The lowest BCUT2D eigenvalue weighted by Crippen LogP contribution is -2.28. The molecular formula is C22H29Cl. The molecule has 23 heavy (non-hydrogen) atoms. The Morgan fingerprint density at radius 1 is 0.826 bits per heavy atom. The molecule has 0 aliphatic rings. The number of hydrogen-bond donors (Lipinski definition) is 0. The van der Waals surface area contributed by atoms with Crippen LogP contribution in [0.4, 0.5) is 0 Å². The second-order valence-corrected chi connectivity index (χ2v) is 7.34. The van der Waals surface area contributed by atoms with Crippen molar-refractivity contribution < 1.29 is 0 Å². The summed E-state index contributed by atoms with van der Waals surface area (Å²) in [6.45, 7) is 4.38. The molecule has 0 saturated heterocycles. The summed E-state index contributed by atoms with van der Waals surface area (Å²) in [6, 6.07) is 22.1. The van der Waals surface area contributed by atoms with Gasteiger partial charge in [-0.2, -0.15) is 0 Å². The van der Waals surface area contributed by atoms with E-state index in [-0.39, 0.29) is 10.8 Å². The molecule has 0 nitrogen and oxygen atoms in total. The van der Waals surface area contributed by atoms with Gasteiger partial charge < -0.3 is 0 Å². The average molecular weight is 329 g/mol. The minimum absolute atomic E-state index is 0.115. The Hall–Kier alpha value is -1.27. The van der Waals surface area contributed by atoms with E-state index >= 15 is 0 Å². The Morgan fingerprint density at radius 2 is 1.30 bits per heavy atom. The second-order valence-electron chi connectivity index (χ2n) is 6.59. The number of hydrogen-bond acceptors (Lipinski definition) is 0. The van der Waals surface area contributed by atoms with E-state index in [4.69, 9.17) is 11.6 Å². The summed E-state index contributed by atoms with van der Waals surface area (Å²) in [5.41, 5.74) is 3.01. The van der Waals surface area contributed by atoms with Crippen molar-refractivity contribution in [1.29, 1.82) is 0 Å². The van der Waals surface area contributed by atoms with E-state index in [0.717, 1.165) is 19.3 Å². The molecule has 0 aliphatic carbocycles. The first-order chi connectivity index (χ1) is 11.2. The molecular weight excluding hydrogens is 300 g/mol. The molecule has 0 aliphatic heterocycles. The van der Waals surface area contributed by atoms with Gasteiger partial charge in [0.2, 0.25) is 0 Å². The standard InChI is InChI=1S/C22H29Cl/c1-3-4-17-22(18-11-12-19(2)23,20-13-7-5-8-14-20)21-15-9-6-10-16-21/h5-10,13-16,19H,3-4,11-12,17-18H2,1-2H3. The molecule has 2 aromatic rings. The third-order valence-corrected chi connectivity index (χ3v) is 5.03. The Labute approximate surface area is 146 Å². The van der Waals surface area contributed by atoms with Crippen molar-refractivity contribution in [3.8, 4) is 0 Å². The molecule has 0 fully saturated rings. The van der Waals surface area contributed by atoms with Gasteiger partial charge in [0.05, 0.1) is 0 Å². The molecule has 2 rings (SSSR count). The van der Waals surface area contributed by atoms with Crippen molar-refractivity contribution in [2.75, 3.05) is 0 Å². The van der Waals surface area contributed by atoms with Crippen LogP contribution in [0.25, 0.3) is 0 Å². The second kappa shape index (κ2) is 9.13. The van der Waals surface area contributed by atoms with Crippen LogP contribution in [0.1, 0.15) is 63.5 Å². The summed E-state index contributed by atoms with van der Waals surface area (Å²) in [5, 5.41) is 0.255. The highest BCUT2D eigenvalue weighted by atomic mass is 35.5. The number of halogens is 1. The SMILES string of the molecule is CCCCC(CCCC(C)Cl)(c1ccccc1)c1ccccc1. The van der Waals surface area contributed by atoms with Gasteiger partial charge in [0, 0.05) is 10.8 Å². The molecule has 0 amide bonds. The van der Waals surface area contributed by atoms with Crippen LogP contribution >= 0.6 is 11.6 Å². The molecule has 0 radical (unpaired) electrons. The van der Waals surface area contributed by atoms with Gasteiger partial charge in [-0.15, -0.1) is 11.6 Å². The molecule has 0 N–H and O–H groups in total. The molecule has 2 aromatic carbocycles. The maximum absolute atomic E-state index is 6.20. The van der Waals surface area contributed by atoms with Crippen molar-refractivity contribution in [2.45, 2.75) is 63.2 Å². The van der Waals surface area contributed by atoms with E-state index in [1.807, 2.05) is 0 Å². The highest BCUT2D eigenvalue weighted by Gasteiger charge is 2.32. The lowest BCUT2D eigenvalue weighted by Gasteiger charge is -2.36. The van der Waals surface area contributed by atoms with Gasteiger partial charge >= 0.3 is 0 Å². The fourth-order valence-electron chi connectivity index (χ4n) is 3.55. The first-order valence-corrected chi connectivity index (χ1v) is 9.38. The highest BCUT2D eigenvalue weighted by Crippen LogP contribution is 2.41. The predicted molar refractivity (Wildman–Crippen MR) is 102 cm³/mol. The summed E-state index contributed by atoms with van der Waals surface area (Å²) in [6.07, 6.45) is 7.09. The van der Waals surface area contributed by atoms with Gasteiger partial charge in [-0.05, 0) is 37.3 Å². The molecule has 0 saturated carbocycles. The molecule has 1 heteroatoms. The van der Waals surface area contributed by atoms with E-state index in [0.29, 0.717) is 0 Å². The Bertz CT molecular complexity index is 505. The predicted octanol–water partition coefficient (Wildman–Crippen LogP) is 6.96. The van der Waals surface area contributed by atoms with Crippen LogP contribution in [0, 0.1) is 0 Å². The van der Waals surface area contributed by atoms with Gasteiger partial charge in [-0.3, -0.25) is 0 Å². The summed E-state index contributed by atoms with van der Waals surface area (Å²) in [5.74, 6) is 0. The summed E-state index contributed by atoms with van der Waals surface area (Å²) < 4.78 is 0. The van der Waals surface area contributed by atoms with E-state index < -0.39 is 0 Å². The quantitative estimate of drug-likeness (QED) is 0.436. The van der Waals surface area contributed by atoms with Gasteiger partial charge in [-0.25, -0.2) is 0 Å². The fourth-order valence-corrected chi connectivity index (χ4v) is 3.70. The van der Waals surface area contributed by atoms with Crippen LogP contribution in [0.3, 0.4) is 0 Å². The number of unbranched alkanes of at least 4 members (excludes halogenated alkanes) is 1. The zero-order valence-electron chi connectivity index (χ0n) is 14.5. The van der Waals surface area contributed by atoms with Gasteiger partial charge in [0.1, 0.15) is 0 Å². The normalized spacial score (nSPS) is 13.0. The third-order valence-electron chi connectivity index (χ3n) is 4.82. The van der Waals surface area contributed by atoms with Gasteiger partial charge in [0.25, 0.3) is 0 Å². The topological polar surface area (TPSA) is 0 Å². The lowest BCUT2D eigenvalue weighted by molar-refractivity contribution is 0.402. The monoisotopic (exact) mass is 328 g/mol. The molecule has 0 heterocycles. The van der Waals surface area contributed by atoms with Crippen molar-refractivity contribution in [2.24, 2.45) is 0 Å². The van der Waals surface area contributed by atoms with Crippen molar-refractivity contribution in [3.63, 3.8) is 0 Å². The zero-order chi connectivity index (χ0) is 16.5. The van der Waals surface area contributed by atoms with E-state index in [9.17, 15) is 0 Å². The maximum Gasteiger partial charge on any atom is 0.0307 e. The highest BCUT2D eigenvalue weighted by molar-refractivity contribution is 6.20. The van der Waals surface area contributed by atoms with Crippen molar-refractivity contribution in [3.05, 3.63) is 71.8 Å². The Morgan fingerprint density at radius 3 is 1.74 bits per heavy atom. The minimum Gasteiger partial charge on any atom is -0.123 e. The first-order valence-electron chi connectivity index (χ1n) is 8.94. The average Bonchev–Trinajstić information content (AvgIpc) is 2.59. The van der Waals surface area contributed by atoms with Crippen LogP contribution in [0.2, 0.25) is 0 Å². The lowest BCUT2D eigenvalue weighted by atomic mass is 9.68. The summed E-state index contributed by atoms with van der Waals surface area (Å²) in [4.78, 5) is 0. The third kappa shape index (κ3) is 4.85. The largest absolute Gasteiger partial charge is 0.123 e. The minimum atomic E-state index is 0.115. The van der Waals surface area contributed by atoms with Crippen LogP contribution in [0.5, 0.6) is 0 Å². The van der Waals surface area contributed by atoms with Crippen LogP contribution in [0.15, 0.2) is 60.7 Å². The Balaban J connectivity index is 2.40. The Kier molecular flexibility index (Phi) is 7.17.